The summed E-state index contributed by atoms with van der Waals surface area (Å²) in [6.45, 7) is 1.36. The van der Waals surface area contributed by atoms with Gasteiger partial charge in [0.1, 0.15) is 17.4 Å². The van der Waals surface area contributed by atoms with Crippen LogP contribution in [0.4, 0.5) is 0 Å². The van der Waals surface area contributed by atoms with Gasteiger partial charge in [0.2, 0.25) is 17.7 Å². The third kappa shape index (κ3) is 4.37. The van der Waals surface area contributed by atoms with Gasteiger partial charge >= 0.3 is 0 Å². The van der Waals surface area contributed by atoms with E-state index in [1.807, 2.05) is 47.7 Å². The Morgan fingerprint density at radius 2 is 2.00 bits per heavy atom. The molecule has 1 aromatic carbocycles. The number of aryl methyl sites for hydroxylation is 1. The van der Waals surface area contributed by atoms with Gasteiger partial charge in [-0.3, -0.25) is 24.4 Å². The van der Waals surface area contributed by atoms with Crippen LogP contribution < -0.4 is 10.1 Å². The molecule has 2 aliphatic rings. The summed E-state index contributed by atoms with van der Waals surface area (Å²) in [4.78, 5) is 39.5. The number of hydrogen-bond acceptors (Lipinski definition) is 6. The molecule has 4 heterocycles. The summed E-state index contributed by atoms with van der Waals surface area (Å²) in [5.41, 5.74) is 1.52. The summed E-state index contributed by atoms with van der Waals surface area (Å²) in [6.07, 6.45) is 2.78. The molecular weight excluding hydrogens is 440 g/mol. The first-order valence-electron chi connectivity index (χ1n) is 11.3. The average molecular weight is 467 g/mol. The number of fused-ring (bicyclic) bond motifs is 1. The van der Waals surface area contributed by atoms with E-state index in [0.717, 1.165) is 34.4 Å². The van der Waals surface area contributed by atoms with Gasteiger partial charge in [-0.15, -0.1) is 11.3 Å². The van der Waals surface area contributed by atoms with E-state index < -0.39 is 5.92 Å². The molecule has 2 saturated heterocycles. The Hall–Kier alpha value is -3.20. The second kappa shape index (κ2) is 8.97. The number of ether oxygens (including phenoxy) is 1. The average Bonchev–Trinajstić information content (AvgIpc) is 3.43. The summed E-state index contributed by atoms with van der Waals surface area (Å²) in [5.74, 6) is -0.0833. The van der Waals surface area contributed by atoms with Crippen LogP contribution in [0, 0.1) is 0 Å². The van der Waals surface area contributed by atoms with Crippen LogP contribution in [0.3, 0.4) is 0 Å². The molecule has 1 unspecified atom stereocenters. The number of imide groups is 1. The Labute approximate surface area is 195 Å². The maximum atomic E-state index is 12.6. The van der Waals surface area contributed by atoms with Gasteiger partial charge in [0.15, 0.2) is 0 Å². The molecule has 1 N–H and O–H groups in total. The minimum atomic E-state index is -0.445. The van der Waals surface area contributed by atoms with Crippen LogP contribution in [0.15, 0.2) is 35.7 Å². The fraction of sp³-hybridized carbons (Fsp3) is 0.417. The number of benzene rings is 1. The SMILES string of the molecule is Cn1nc(C2CCC(=O)NC2=O)c2cccc(OC3CCN(C(=O)Cc4cccs4)CC3)c21. The number of rotatable bonds is 5. The van der Waals surface area contributed by atoms with Crippen molar-refractivity contribution in [3.05, 3.63) is 46.3 Å². The zero-order chi connectivity index (χ0) is 22.9. The zero-order valence-electron chi connectivity index (χ0n) is 18.5. The topological polar surface area (TPSA) is 93.5 Å². The fourth-order valence-electron chi connectivity index (χ4n) is 4.71. The third-order valence-corrected chi connectivity index (χ3v) is 7.30. The lowest BCUT2D eigenvalue weighted by Gasteiger charge is -2.32. The minimum absolute atomic E-state index is 0.00957. The highest BCUT2D eigenvalue weighted by atomic mass is 32.1. The van der Waals surface area contributed by atoms with Crippen LogP contribution in [-0.4, -0.2) is 51.6 Å². The molecule has 8 nitrogen and oxygen atoms in total. The molecule has 0 spiro atoms. The van der Waals surface area contributed by atoms with E-state index in [9.17, 15) is 14.4 Å². The Bertz CT molecular complexity index is 1190. The molecule has 2 aliphatic heterocycles. The second-order valence-corrected chi connectivity index (χ2v) is 9.65. The van der Waals surface area contributed by atoms with E-state index in [2.05, 4.69) is 10.4 Å². The predicted octanol–water partition coefficient (Wildman–Crippen LogP) is 2.77. The number of nitrogens with zero attached hydrogens (tertiary/aromatic N) is 3. The molecule has 9 heteroatoms. The molecule has 5 rings (SSSR count). The van der Waals surface area contributed by atoms with Crippen LogP contribution >= 0.6 is 11.3 Å². The van der Waals surface area contributed by atoms with Crippen molar-refractivity contribution in [1.82, 2.24) is 20.0 Å². The Kier molecular flexibility index (Phi) is 5.88. The highest BCUT2D eigenvalue weighted by Gasteiger charge is 2.32. The van der Waals surface area contributed by atoms with E-state index in [4.69, 9.17) is 4.74 Å². The highest BCUT2D eigenvalue weighted by molar-refractivity contribution is 7.10. The van der Waals surface area contributed by atoms with Crippen molar-refractivity contribution in [2.24, 2.45) is 7.05 Å². The smallest absolute Gasteiger partial charge is 0.235 e. The van der Waals surface area contributed by atoms with Gasteiger partial charge in [-0.05, 0) is 23.9 Å². The summed E-state index contributed by atoms with van der Waals surface area (Å²) in [5, 5.41) is 9.91. The molecule has 0 aliphatic carbocycles. The van der Waals surface area contributed by atoms with E-state index in [1.165, 1.54) is 0 Å². The van der Waals surface area contributed by atoms with Crippen molar-refractivity contribution in [3.8, 4) is 5.75 Å². The van der Waals surface area contributed by atoms with Gasteiger partial charge in [0.05, 0.1) is 18.0 Å². The van der Waals surface area contributed by atoms with Crippen molar-refractivity contribution >= 4 is 40.0 Å². The lowest BCUT2D eigenvalue weighted by atomic mass is 9.93. The molecule has 3 aromatic rings. The minimum Gasteiger partial charge on any atom is -0.488 e. The first-order valence-corrected chi connectivity index (χ1v) is 12.1. The van der Waals surface area contributed by atoms with Gasteiger partial charge in [0.25, 0.3) is 0 Å². The summed E-state index contributed by atoms with van der Waals surface area (Å²) in [6, 6.07) is 9.75. The van der Waals surface area contributed by atoms with Crippen LogP contribution in [0.5, 0.6) is 5.75 Å². The number of hydrogen-bond donors (Lipinski definition) is 1. The van der Waals surface area contributed by atoms with E-state index in [0.29, 0.717) is 38.0 Å². The number of piperidine rings is 2. The van der Waals surface area contributed by atoms with Crippen LogP contribution in [0.25, 0.3) is 10.9 Å². The molecule has 33 heavy (non-hydrogen) atoms. The monoisotopic (exact) mass is 466 g/mol. The van der Waals surface area contributed by atoms with E-state index in [1.54, 1.807) is 16.0 Å². The van der Waals surface area contributed by atoms with Gasteiger partial charge in [0, 0.05) is 49.7 Å². The summed E-state index contributed by atoms with van der Waals surface area (Å²) < 4.78 is 8.13. The van der Waals surface area contributed by atoms with Crippen molar-refractivity contribution in [2.75, 3.05) is 13.1 Å². The van der Waals surface area contributed by atoms with Crippen molar-refractivity contribution < 1.29 is 19.1 Å². The number of para-hydroxylation sites is 1. The molecule has 0 radical (unpaired) electrons. The second-order valence-electron chi connectivity index (χ2n) is 8.62. The van der Waals surface area contributed by atoms with E-state index in [-0.39, 0.29) is 23.8 Å². The number of thiophene rings is 1. The van der Waals surface area contributed by atoms with Crippen molar-refractivity contribution in [2.45, 2.75) is 44.1 Å². The largest absolute Gasteiger partial charge is 0.488 e. The first kappa shape index (κ1) is 21.6. The molecule has 0 bridgehead atoms. The number of aromatic nitrogens is 2. The van der Waals surface area contributed by atoms with Crippen molar-refractivity contribution in [3.63, 3.8) is 0 Å². The van der Waals surface area contributed by atoms with Crippen molar-refractivity contribution in [1.29, 1.82) is 0 Å². The molecular formula is C24H26N4O4S. The standard InChI is InChI=1S/C24H26N4O4S/c1-27-23-17(22(26-27)18-7-8-20(29)25-24(18)31)5-2-6-19(23)32-15-9-11-28(12-10-15)21(30)14-16-4-3-13-33-16/h2-6,13,15,18H,7-12,14H2,1H3,(H,25,29,31). The fourth-order valence-corrected chi connectivity index (χ4v) is 5.41. The number of carbonyl (C=O) groups is 3. The maximum Gasteiger partial charge on any atom is 0.235 e. The normalized spacial score (nSPS) is 19.7. The van der Waals surface area contributed by atoms with Gasteiger partial charge in [-0.25, -0.2) is 0 Å². The molecule has 3 amide bonds. The Morgan fingerprint density at radius 1 is 1.18 bits per heavy atom. The maximum absolute atomic E-state index is 12.6. The molecule has 1 atom stereocenters. The number of nitrogens with one attached hydrogen (secondary N) is 1. The molecule has 172 valence electrons. The van der Waals surface area contributed by atoms with Gasteiger partial charge in [-0.1, -0.05) is 18.2 Å². The predicted molar refractivity (Wildman–Crippen MR) is 124 cm³/mol. The zero-order valence-corrected chi connectivity index (χ0v) is 19.3. The number of likely N-dealkylation sites (tertiary alicyclic amines) is 1. The molecule has 2 aromatic heterocycles. The van der Waals surface area contributed by atoms with Gasteiger partial charge in [-0.2, -0.15) is 5.10 Å². The van der Waals surface area contributed by atoms with Gasteiger partial charge < -0.3 is 9.64 Å². The first-order chi connectivity index (χ1) is 16.0. The Balaban J connectivity index is 1.28. The third-order valence-electron chi connectivity index (χ3n) is 6.42. The van der Waals surface area contributed by atoms with Crippen LogP contribution in [-0.2, 0) is 27.9 Å². The molecule has 0 saturated carbocycles. The van der Waals surface area contributed by atoms with Crippen LogP contribution in [0.2, 0.25) is 0 Å². The summed E-state index contributed by atoms with van der Waals surface area (Å²) >= 11 is 1.61. The lowest BCUT2D eigenvalue weighted by molar-refractivity contribution is -0.134. The Morgan fingerprint density at radius 3 is 2.73 bits per heavy atom. The van der Waals surface area contributed by atoms with Crippen LogP contribution in [0.1, 0.15) is 42.2 Å². The summed E-state index contributed by atoms with van der Waals surface area (Å²) in [7, 11) is 1.84. The molecule has 2 fully saturated rings. The lowest BCUT2D eigenvalue weighted by Crippen LogP contribution is -2.42. The quantitative estimate of drug-likeness (QED) is 0.584. The highest BCUT2D eigenvalue weighted by Crippen LogP contribution is 2.35. The number of carbonyl (C=O) groups excluding carboxylic acids is 3. The number of amides is 3. The van der Waals surface area contributed by atoms with E-state index >= 15 is 0 Å².